The van der Waals surface area contributed by atoms with Crippen LogP contribution in [-0.2, 0) is 0 Å². The fraction of sp³-hybridized carbons (Fsp3) is 0.875. The zero-order valence-corrected chi connectivity index (χ0v) is 6.24. The van der Waals surface area contributed by atoms with Gasteiger partial charge < -0.3 is 0 Å². The monoisotopic (exact) mass is 147 g/mol. The first kappa shape index (κ1) is 7.96. The summed E-state index contributed by atoms with van der Waals surface area (Å²) in [6, 6.07) is 0. The summed E-state index contributed by atoms with van der Waals surface area (Å²) in [6.07, 6.45) is 4.26. The van der Waals surface area contributed by atoms with E-state index in [4.69, 9.17) is 0 Å². The highest BCUT2D eigenvalue weighted by molar-refractivity contribution is 4.93. The predicted octanol–water partition coefficient (Wildman–Crippen LogP) is 3.04. The van der Waals surface area contributed by atoms with Crippen LogP contribution in [0.3, 0.4) is 0 Å². The van der Waals surface area contributed by atoms with Crippen LogP contribution >= 0.6 is 0 Å². The number of hydrogen-bond acceptors (Lipinski definition) is 0. The van der Waals surface area contributed by atoms with E-state index >= 15 is 0 Å². The standard InChI is InChI=1S/C8H13F2/c1-2-3-4-7-5-8(9,10)6-7/h4,7H,2-3,5-6H2,1H3. The van der Waals surface area contributed by atoms with Crippen LogP contribution in [0.2, 0.25) is 0 Å². The molecule has 10 heavy (non-hydrogen) atoms. The molecule has 1 aliphatic carbocycles. The van der Waals surface area contributed by atoms with Crippen molar-refractivity contribution in [3.63, 3.8) is 0 Å². The largest absolute Gasteiger partial charge is 0.248 e. The summed E-state index contributed by atoms with van der Waals surface area (Å²) in [4.78, 5) is 0. The second kappa shape index (κ2) is 2.85. The second-order valence-corrected chi connectivity index (χ2v) is 3.05. The Morgan fingerprint density at radius 1 is 1.50 bits per heavy atom. The molecule has 0 heterocycles. The summed E-state index contributed by atoms with van der Waals surface area (Å²) < 4.78 is 24.4. The number of alkyl halides is 2. The molecule has 0 aromatic heterocycles. The fourth-order valence-electron chi connectivity index (χ4n) is 1.28. The molecule has 0 N–H and O–H groups in total. The summed E-state index contributed by atoms with van der Waals surface area (Å²) in [5.74, 6) is -2.13. The Labute approximate surface area is 60.6 Å². The highest BCUT2D eigenvalue weighted by Gasteiger charge is 2.44. The molecular formula is C8H13F2. The van der Waals surface area contributed by atoms with E-state index in [0.29, 0.717) is 0 Å². The molecule has 0 amide bonds. The smallest absolute Gasteiger partial charge is 0.207 e. The molecular weight excluding hydrogens is 134 g/mol. The third-order valence-electron chi connectivity index (χ3n) is 1.91. The van der Waals surface area contributed by atoms with Crippen LogP contribution in [0, 0.1) is 12.3 Å². The van der Waals surface area contributed by atoms with Crippen molar-refractivity contribution in [2.45, 2.75) is 38.5 Å². The topological polar surface area (TPSA) is 0 Å². The van der Waals surface area contributed by atoms with E-state index in [9.17, 15) is 8.78 Å². The van der Waals surface area contributed by atoms with E-state index in [-0.39, 0.29) is 18.8 Å². The van der Waals surface area contributed by atoms with Crippen molar-refractivity contribution >= 4 is 0 Å². The first-order valence-corrected chi connectivity index (χ1v) is 3.85. The molecule has 0 bridgehead atoms. The van der Waals surface area contributed by atoms with E-state index in [1.807, 2.05) is 6.42 Å². The van der Waals surface area contributed by atoms with Crippen LogP contribution in [0.25, 0.3) is 0 Å². The van der Waals surface area contributed by atoms with Gasteiger partial charge in [-0.2, -0.15) is 0 Å². The molecule has 0 aliphatic heterocycles. The van der Waals surface area contributed by atoms with Gasteiger partial charge >= 0.3 is 0 Å². The van der Waals surface area contributed by atoms with Crippen molar-refractivity contribution in [1.82, 2.24) is 0 Å². The number of rotatable bonds is 3. The van der Waals surface area contributed by atoms with Crippen molar-refractivity contribution in [2.24, 2.45) is 5.92 Å². The van der Waals surface area contributed by atoms with E-state index in [1.165, 1.54) is 0 Å². The lowest BCUT2D eigenvalue weighted by Gasteiger charge is -2.34. The first-order valence-electron chi connectivity index (χ1n) is 3.85. The zero-order chi connectivity index (χ0) is 7.61. The van der Waals surface area contributed by atoms with Crippen molar-refractivity contribution < 1.29 is 8.78 Å². The Morgan fingerprint density at radius 2 is 2.10 bits per heavy atom. The molecule has 0 unspecified atom stereocenters. The summed E-state index contributed by atoms with van der Waals surface area (Å²) in [7, 11) is 0. The minimum atomic E-state index is -2.34. The fourth-order valence-corrected chi connectivity index (χ4v) is 1.28. The third-order valence-corrected chi connectivity index (χ3v) is 1.91. The van der Waals surface area contributed by atoms with Gasteiger partial charge in [-0.1, -0.05) is 19.8 Å². The Morgan fingerprint density at radius 3 is 2.50 bits per heavy atom. The van der Waals surface area contributed by atoms with Crippen LogP contribution in [0.5, 0.6) is 0 Å². The minimum absolute atomic E-state index is 0.0903. The normalized spacial score (nSPS) is 24.3. The van der Waals surface area contributed by atoms with Crippen molar-refractivity contribution in [3.8, 4) is 0 Å². The SMILES string of the molecule is CCC[CH]C1CC(F)(F)C1. The van der Waals surface area contributed by atoms with Crippen molar-refractivity contribution in [3.05, 3.63) is 6.42 Å². The van der Waals surface area contributed by atoms with Crippen LogP contribution in [0.1, 0.15) is 32.6 Å². The predicted molar refractivity (Wildman–Crippen MR) is 36.9 cm³/mol. The van der Waals surface area contributed by atoms with E-state index in [2.05, 4.69) is 6.92 Å². The number of hydrogen-bond donors (Lipinski definition) is 0. The van der Waals surface area contributed by atoms with Crippen LogP contribution in [0.15, 0.2) is 0 Å². The molecule has 0 aromatic rings. The summed E-state index contributed by atoms with van der Waals surface area (Å²) >= 11 is 0. The maximum atomic E-state index is 12.2. The minimum Gasteiger partial charge on any atom is -0.207 e. The van der Waals surface area contributed by atoms with Gasteiger partial charge in [0.05, 0.1) is 0 Å². The van der Waals surface area contributed by atoms with Gasteiger partial charge in [-0.05, 0) is 12.3 Å². The number of unbranched alkanes of at least 4 members (excludes halogenated alkanes) is 1. The lowest BCUT2D eigenvalue weighted by molar-refractivity contribution is -0.101. The van der Waals surface area contributed by atoms with Crippen LogP contribution < -0.4 is 0 Å². The molecule has 1 aliphatic rings. The van der Waals surface area contributed by atoms with Gasteiger partial charge in [-0.15, -0.1) is 0 Å². The molecule has 59 valence electrons. The molecule has 1 radical (unpaired) electrons. The second-order valence-electron chi connectivity index (χ2n) is 3.05. The van der Waals surface area contributed by atoms with Crippen molar-refractivity contribution in [2.75, 3.05) is 0 Å². The van der Waals surface area contributed by atoms with Gasteiger partial charge in [0.15, 0.2) is 0 Å². The van der Waals surface area contributed by atoms with Gasteiger partial charge in [0.1, 0.15) is 0 Å². The Kier molecular flexibility index (Phi) is 2.27. The van der Waals surface area contributed by atoms with Gasteiger partial charge in [0.25, 0.3) is 0 Å². The summed E-state index contributed by atoms with van der Waals surface area (Å²) in [5.41, 5.74) is 0. The van der Waals surface area contributed by atoms with Gasteiger partial charge in [0.2, 0.25) is 5.92 Å². The van der Waals surface area contributed by atoms with Crippen LogP contribution in [-0.4, -0.2) is 5.92 Å². The lowest BCUT2D eigenvalue weighted by atomic mass is 9.78. The van der Waals surface area contributed by atoms with E-state index in [1.54, 1.807) is 0 Å². The molecule has 0 atom stereocenters. The number of halogens is 2. The molecule has 0 spiro atoms. The maximum absolute atomic E-state index is 12.2. The maximum Gasteiger partial charge on any atom is 0.248 e. The van der Waals surface area contributed by atoms with Gasteiger partial charge in [-0.25, -0.2) is 8.78 Å². The molecule has 1 fully saturated rings. The molecule has 0 aromatic carbocycles. The molecule has 1 rings (SSSR count). The average Bonchev–Trinajstić information content (AvgIpc) is 1.78. The summed E-state index contributed by atoms with van der Waals surface area (Å²) in [5, 5.41) is 0. The van der Waals surface area contributed by atoms with Crippen molar-refractivity contribution in [1.29, 1.82) is 0 Å². The quantitative estimate of drug-likeness (QED) is 0.575. The van der Waals surface area contributed by atoms with Gasteiger partial charge in [-0.3, -0.25) is 0 Å². The third kappa shape index (κ3) is 1.93. The van der Waals surface area contributed by atoms with Crippen LogP contribution in [0.4, 0.5) is 8.78 Å². The lowest BCUT2D eigenvalue weighted by Crippen LogP contribution is -2.35. The molecule has 0 nitrogen and oxygen atoms in total. The highest BCUT2D eigenvalue weighted by Crippen LogP contribution is 2.44. The Bertz CT molecular complexity index is 102. The van der Waals surface area contributed by atoms with Gasteiger partial charge in [0, 0.05) is 12.8 Å². The molecule has 2 heteroatoms. The zero-order valence-electron chi connectivity index (χ0n) is 6.24. The summed E-state index contributed by atoms with van der Waals surface area (Å²) in [6.45, 7) is 2.06. The van der Waals surface area contributed by atoms with E-state index in [0.717, 1.165) is 12.8 Å². The molecule has 1 saturated carbocycles. The van der Waals surface area contributed by atoms with E-state index < -0.39 is 5.92 Å². The average molecular weight is 147 g/mol. The first-order chi connectivity index (χ1) is 4.64. The Balaban J connectivity index is 2.03. The highest BCUT2D eigenvalue weighted by atomic mass is 19.3. The Hall–Kier alpha value is -0.140. The molecule has 0 saturated heterocycles.